The quantitative estimate of drug-likeness (QED) is 0.809. The number of hydrogen-bond donors (Lipinski definition) is 1. The van der Waals surface area contributed by atoms with Gasteiger partial charge in [-0.15, -0.1) is 0 Å². The largest absolute Gasteiger partial charge is 0.491 e. The molecule has 1 aromatic carbocycles. The van der Waals surface area contributed by atoms with Gasteiger partial charge in [0.1, 0.15) is 25.0 Å². The molecule has 2 atom stereocenters. The molecular formula is C18H27N3O4. The first-order valence-electron chi connectivity index (χ1n) is 8.36. The zero-order valence-corrected chi connectivity index (χ0v) is 15.3. The number of carbonyl (C=O) groups is 2. The SMILES string of the molecule is COCC(=O)N[C@@H](C)C(=O)N1Cc2ccccc2OC[C@@H]1CN(C)C. The van der Waals surface area contributed by atoms with Gasteiger partial charge in [-0.05, 0) is 27.1 Å². The second-order valence-electron chi connectivity index (χ2n) is 6.52. The number of ether oxygens (including phenoxy) is 2. The van der Waals surface area contributed by atoms with E-state index in [1.54, 1.807) is 11.8 Å². The number of fused-ring (bicyclic) bond motifs is 1. The van der Waals surface area contributed by atoms with E-state index in [1.807, 2.05) is 43.3 Å². The molecule has 0 bridgehead atoms. The number of likely N-dealkylation sites (N-methyl/N-ethyl adjacent to an activating group) is 1. The van der Waals surface area contributed by atoms with Crippen LogP contribution in [0.5, 0.6) is 5.75 Å². The Kier molecular flexibility index (Phi) is 6.78. The summed E-state index contributed by atoms with van der Waals surface area (Å²) in [5.74, 6) is 0.369. The normalized spacial score (nSPS) is 18.1. The molecule has 2 rings (SSSR count). The molecule has 1 heterocycles. The van der Waals surface area contributed by atoms with E-state index in [0.29, 0.717) is 19.7 Å². The summed E-state index contributed by atoms with van der Waals surface area (Å²) < 4.78 is 10.7. The highest BCUT2D eigenvalue weighted by molar-refractivity contribution is 5.88. The fraction of sp³-hybridized carbons (Fsp3) is 0.556. The standard InChI is InChI=1S/C18H27N3O4/c1-13(19-17(22)12-24-4)18(23)21-9-14-7-5-6-8-16(14)25-11-15(21)10-20(2)3/h5-8,13,15H,9-12H2,1-4H3,(H,19,22)/t13-,15-/m0/s1. The molecule has 7 nitrogen and oxygen atoms in total. The highest BCUT2D eigenvalue weighted by Crippen LogP contribution is 2.25. The van der Waals surface area contributed by atoms with Gasteiger partial charge >= 0.3 is 0 Å². The molecule has 138 valence electrons. The van der Waals surface area contributed by atoms with Crippen molar-refractivity contribution in [3.05, 3.63) is 29.8 Å². The van der Waals surface area contributed by atoms with Crippen molar-refractivity contribution < 1.29 is 19.1 Å². The lowest BCUT2D eigenvalue weighted by atomic mass is 10.1. The van der Waals surface area contributed by atoms with Crippen LogP contribution in [0.2, 0.25) is 0 Å². The number of nitrogens with zero attached hydrogens (tertiary/aromatic N) is 2. The molecule has 1 aromatic rings. The Morgan fingerprint density at radius 3 is 2.80 bits per heavy atom. The molecule has 0 aromatic heterocycles. The summed E-state index contributed by atoms with van der Waals surface area (Å²) in [6.45, 7) is 3.18. The van der Waals surface area contributed by atoms with E-state index >= 15 is 0 Å². The van der Waals surface area contributed by atoms with E-state index in [9.17, 15) is 9.59 Å². The van der Waals surface area contributed by atoms with E-state index in [1.165, 1.54) is 7.11 Å². The Balaban J connectivity index is 2.19. The van der Waals surface area contributed by atoms with Gasteiger partial charge in [-0.3, -0.25) is 9.59 Å². The van der Waals surface area contributed by atoms with Crippen molar-refractivity contribution in [2.75, 3.05) is 41.0 Å². The van der Waals surface area contributed by atoms with Crippen LogP contribution in [0.25, 0.3) is 0 Å². The maximum Gasteiger partial charge on any atom is 0.246 e. The highest BCUT2D eigenvalue weighted by atomic mass is 16.5. The summed E-state index contributed by atoms with van der Waals surface area (Å²) >= 11 is 0. The lowest BCUT2D eigenvalue weighted by molar-refractivity contribution is -0.139. The van der Waals surface area contributed by atoms with Crippen molar-refractivity contribution in [1.82, 2.24) is 15.1 Å². The minimum absolute atomic E-state index is 0.0648. The molecule has 0 saturated heterocycles. The van der Waals surface area contributed by atoms with Crippen molar-refractivity contribution in [3.8, 4) is 5.75 Å². The molecule has 1 N–H and O–H groups in total. The summed E-state index contributed by atoms with van der Waals surface area (Å²) in [6, 6.07) is 7.00. The topological polar surface area (TPSA) is 71.1 Å². The fourth-order valence-corrected chi connectivity index (χ4v) is 2.92. The number of nitrogens with one attached hydrogen (secondary N) is 1. The molecule has 25 heavy (non-hydrogen) atoms. The second kappa shape index (κ2) is 8.82. The van der Waals surface area contributed by atoms with Gasteiger partial charge in [-0.1, -0.05) is 18.2 Å². The van der Waals surface area contributed by atoms with Crippen LogP contribution < -0.4 is 10.1 Å². The fourth-order valence-electron chi connectivity index (χ4n) is 2.92. The van der Waals surface area contributed by atoms with Crippen molar-refractivity contribution in [3.63, 3.8) is 0 Å². The summed E-state index contributed by atoms with van der Waals surface area (Å²) in [5.41, 5.74) is 0.965. The first-order chi connectivity index (χ1) is 11.9. The predicted molar refractivity (Wildman–Crippen MR) is 94.3 cm³/mol. The van der Waals surface area contributed by atoms with Crippen LogP contribution in [0, 0.1) is 0 Å². The van der Waals surface area contributed by atoms with Gasteiger partial charge in [0.25, 0.3) is 0 Å². The second-order valence-corrected chi connectivity index (χ2v) is 6.52. The van der Waals surface area contributed by atoms with Crippen LogP contribution in [-0.4, -0.2) is 74.7 Å². The molecule has 0 aliphatic carbocycles. The van der Waals surface area contributed by atoms with Gasteiger partial charge < -0.3 is 24.6 Å². The number of amides is 2. The van der Waals surface area contributed by atoms with E-state index in [2.05, 4.69) is 5.32 Å². The molecular weight excluding hydrogens is 322 g/mol. The third-order valence-corrected chi connectivity index (χ3v) is 4.07. The Bertz CT molecular complexity index is 606. The first-order valence-corrected chi connectivity index (χ1v) is 8.36. The number of hydrogen-bond acceptors (Lipinski definition) is 5. The van der Waals surface area contributed by atoms with Crippen molar-refractivity contribution >= 4 is 11.8 Å². The first kappa shape index (κ1) is 19.2. The van der Waals surface area contributed by atoms with E-state index < -0.39 is 6.04 Å². The third kappa shape index (κ3) is 5.17. The number of para-hydroxylation sites is 1. The Morgan fingerprint density at radius 1 is 1.40 bits per heavy atom. The molecule has 7 heteroatoms. The van der Waals surface area contributed by atoms with Crippen molar-refractivity contribution in [1.29, 1.82) is 0 Å². The van der Waals surface area contributed by atoms with Gasteiger partial charge in [-0.25, -0.2) is 0 Å². The summed E-state index contributed by atoms with van der Waals surface area (Å²) in [5, 5.41) is 2.69. The number of carbonyl (C=O) groups excluding carboxylic acids is 2. The lowest BCUT2D eigenvalue weighted by Gasteiger charge is -2.33. The third-order valence-electron chi connectivity index (χ3n) is 4.07. The molecule has 0 unspecified atom stereocenters. The number of rotatable bonds is 6. The zero-order valence-electron chi connectivity index (χ0n) is 15.3. The molecule has 0 fully saturated rings. The van der Waals surface area contributed by atoms with Gasteiger partial charge in [0.05, 0.1) is 6.04 Å². The van der Waals surface area contributed by atoms with Crippen LogP contribution in [0.4, 0.5) is 0 Å². The van der Waals surface area contributed by atoms with E-state index in [4.69, 9.17) is 9.47 Å². The maximum atomic E-state index is 13.0. The van der Waals surface area contributed by atoms with Gasteiger partial charge in [0.15, 0.2) is 0 Å². The minimum Gasteiger partial charge on any atom is -0.491 e. The monoisotopic (exact) mass is 349 g/mol. The molecule has 0 spiro atoms. The summed E-state index contributed by atoms with van der Waals surface area (Å²) in [6.07, 6.45) is 0. The van der Waals surface area contributed by atoms with Gasteiger partial charge in [0, 0.05) is 25.8 Å². The van der Waals surface area contributed by atoms with Crippen molar-refractivity contribution in [2.45, 2.75) is 25.6 Å². The van der Waals surface area contributed by atoms with Crippen molar-refractivity contribution in [2.24, 2.45) is 0 Å². The van der Waals surface area contributed by atoms with Crippen LogP contribution >= 0.6 is 0 Å². The van der Waals surface area contributed by atoms with Crippen LogP contribution in [0.3, 0.4) is 0 Å². The zero-order chi connectivity index (χ0) is 18.4. The Labute approximate surface area is 148 Å². The average molecular weight is 349 g/mol. The van der Waals surface area contributed by atoms with Crippen LogP contribution in [-0.2, 0) is 20.9 Å². The smallest absolute Gasteiger partial charge is 0.246 e. The molecule has 0 radical (unpaired) electrons. The predicted octanol–water partition coefficient (Wildman–Crippen LogP) is 0.489. The lowest BCUT2D eigenvalue weighted by Crippen LogP contribution is -2.54. The number of benzene rings is 1. The molecule has 2 amide bonds. The Morgan fingerprint density at radius 2 is 2.12 bits per heavy atom. The van der Waals surface area contributed by atoms with E-state index in [0.717, 1.165) is 11.3 Å². The Hall–Kier alpha value is -2.12. The highest BCUT2D eigenvalue weighted by Gasteiger charge is 2.32. The molecule has 0 saturated carbocycles. The number of methoxy groups -OCH3 is 1. The van der Waals surface area contributed by atoms with E-state index in [-0.39, 0.29) is 24.5 Å². The van der Waals surface area contributed by atoms with Crippen LogP contribution in [0.1, 0.15) is 12.5 Å². The van der Waals surface area contributed by atoms with Crippen LogP contribution in [0.15, 0.2) is 24.3 Å². The minimum atomic E-state index is -0.627. The molecule has 1 aliphatic rings. The summed E-state index contributed by atoms with van der Waals surface area (Å²) in [7, 11) is 5.37. The average Bonchev–Trinajstić information content (AvgIpc) is 2.73. The molecule has 1 aliphatic heterocycles. The van der Waals surface area contributed by atoms with Gasteiger partial charge in [-0.2, -0.15) is 0 Å². The maximum absolute atomic E-state index is 13.0. The van der Waals surface area contributed by atoms with Gasteiger partial charge in [0.2, 0.25) is 11.8 Å². The summed E-state index contributed by atoms with van der Waals surface area (Å²) in [4.78, 5) is 28.5.